The Morgan fingerprint density at radius 1 is 1.23 bits per heavy atom. The number of nitrogens with one attached hydrogen (secondary N) is 1. The lowest BCUT2D eigenvalue weighted by atomic mass is 9.78. The van der Waals surface area contributed by atoms with Gasteiger partial charge in [-0.2, -0.15) is 18.3 Å². The van der Waals surface area contributed by atoms with E-state index in [-0.39, 0.29) is 29.1 Å². The second kappa shape index (κ2) is 7.68. The van der Waals surface area contributed by atoms with Gasteiger partial charge < -0.3 is 10.1 Å². The Hall–Kier alpha value is -3.43. The van der Waals surface area contributed by atoms with Crippen LogP contribution in [0.4, 0.5) is 18.9 Å². The van der Waals surface area contributed by atoms with E-state index in [9.17, 15) is 22.8 Å². The molecule has 0 saturated heterocycles. The van der Waals surface area contributed by atoms with Crippen molar-refractivity contribution in [3.8, 4) is 5.75 Å². The van der Waals surface area contributed by atoms with E-state index in [0.29, 0.717) is 11.3 Å². The van der Waals surface area contributed by atoms with Gasteiger partial charge in [-0.25, -0.2) is 4.98 Å². The van der Waals surface area contributed by atoms with Crippen molar-refractivity contribution in [2.45, 2.75) is 32.0 Å². The maximum Gasteiger partial charge on any atom is 0.433 e. The Morgan fingerprint density at radius 3 is 2.61 bits per heavy atom. The number of pyridine rings is 1. The van der Waals surface area contributed by atoms with E-state index in [1.54, 1.807) is 23.7 Å². The molecule has 0 radical (unpaired) electrons. The van der Waals surface area contributed by atoms with E-state index in [1.807, 2.05) is 6.20 Å². The third-order valence-corrected chi connectivity index (χ3v) is 5.43. The van der Waals surface area contributed by atoms with Gasteiger partial charge in [0.25, 0.3) is 5.91 Å². The maximum absolute atomic E-state index is 12.9. The first-order valence-corrected chi connectivity index (χ1v) is 9.58. The van der Waals surface area contributed by atoms with Crippen LogP contribution in [0, 0.1) is 5.92 Å². The number of rotatable bonds is 5. The van der Waals surface area contributed by atoms with Crippen molar-refractivity contribution in [3.05, 3.63) is 47.9 Å². The van der Waals surface area contributed by atoms with Crippen LogP contribution in [0.2, 0.25) is 0 Å². The average Bonchev–Trinajstić information content (AvgIpc) is 3.07. The minimum Gasteiger partial charge on any atom is -0.494 e. The van der Waals surface area contributed by atoms with E-state index >= 15 is 0 Å². The summed E-state index contributed by atoms with van der Waals surface area (Å²) in [6.07, 6.45) is -1.38. The number of ketones is 1. The number of benzene rings is 1. The van der Waals surface area contributed by atoms with Crippen molar-refractivity contribution in [2.75, 3.05) is 12.4 Å². The Morgan fingerprint density at radius 2 is 1.97 bits per heavy atom. The summed E-state index contributed by atoms with van der Waals surface area (Å²) in [6, 6.07) is 6.54. The molecule has 2 heterocycles. The first-order chi connectivity index (χ1) is 14.7. The van der Waals surface area contributed by atoms with Crippen LogP contribution in [-0.4, -0.2) is 33.6 Å². The summed E-state index contributed by atoms with van der Waals surface area (Å²) in [7, 11) is 1.42. The van der Waals surface area contributed by atoms with Gasteiger partial charge in [-0.3, -0.25) is 14.3 Å². The number of anilines is 1. The molecule has 3 aromatic rings. The van der Waals surface area contributed by atoms with Crippen molar-refractivity contribution in [1.29, 1.82) is 0 Å². The molecule has 1 fully saturated rings. The molecule has 7 nitrogen and oxygen atoms in total. The molecule has 1 aromatic carbocycles. The monoisotopic (exact) mass is 432 g/mol. The molecular formula is C21H19F3N4O3. The largest absolute Gasteiger partial charge is 0.494 e. The number of alkyl halides is 3. The van der Waals surface area contributed by atoms with Crippen molar-refractivity contribution >= 4 is 28.3 Å². The number of fused-ring (bicyclic) bond motifs is 1. The SMILES string of the molecule is COc1cc2nn(C3CC(C(C)=O)C3)cc2cc1NC(=O)c1cccc(C(F)(F)F)n1. The van der Waals surface area contributed by atoms with Crippen LogP contribution in [0.25, 0.3) is 10.9 Å². The molecule has 2 aromatic heterocycles. The zero-order valence-electron chi connectivity index (χ0n) is 16.7. The van der Waals surface area contributed by atoms with Crippen molar-refractivity contribution in [2.24, 2.45) is 5.92 Å². The highest BCUT2D eigenvalue weighted by molar-refractivity contribution is 6.05. The minimum absolute atomic E-state index is 0.0571. The molecular weight excluding hydrogens is 413 g/mol. The molecule has 10 heteroatoms. The zero-order chi connectivity index (χ0) is 22.3. The van der Waals surface area contributed by atoms with Gasteiger partial charge in [-0.15, -0.1) is 0 Å². The maximum atomic E-state index is 12.9. The summed E-state index contributed by atoms with van der Waals surface area (Å²) in [5, 5.41) is 7.81. The van der Waals surface area contributed by atoms with Crippen LogP contribution >= 0.6 is 0 Å². The Labute approximate surface area is 175 Å². The molecule has 1 amide bonds. The molecule has 162 valence electrons. The Balaban J connectivity index is 1.59. The van der Waals surface area contributed by atoms with Gasteiger partial charge in [0, 0.05) is 23.6 Å². The predicted octanol–water partition coefficient (Wildman–Crippen LogP) is 4.25. The summed E-state index contributed by atoms with van der Waals surface area (Å²) in [6.45, 7) is 1.58. The smallest absolute Gasteiger partial charge is 0.433 e. The van der Waals surface area contributed by atoms with E-state index in [4.69, 9.17) is 4.74 Å². The zero-order valence-corrected chi connectivity index (χ0v) is 16.7. The Kier molecular flexibility index (Phi) is 5.16. The fourth-order valence-electron chi connectivity index (χ4n) is 3.57. The summed E-state index contributed by atoms with van der Waals surface area (Å²) in [4.78, 5) is 27.4. The molecule has 0 unspecified atom stereocenters. The summed E-state index contributed by atoms with van der Waals surface area (Å²) >= 11 is 0. The lowest BCUT2D eigenvalue weighted by molar-refractivity contribution is -0.141. The number of methoxy groups -OCH3 is 1. The minimum atomic E-state index is -4.65. The van der Waals surface area contributed by atoms with Crippen LogP contribution in [-0.2, 0) is 11.0 Å². The summed E-state index contributed by atoms with van der Waals surface area (Å²) in [5.74, 6) is -0.253. The summed E-state index contributed by atoms with van der Waals surface area (Å²) < 4.78 is 45.8. The number of hydrogen-bond acceptors (Lipinski definition) is 5. The highest BCUT2D eigenvalue weighted by atomic mass is 19.4. The van der Waals surface area contributed by atoms with E-state index in [0.717, 1.165) is 30.4 Å². The van der Waals surface area contributed by atoms with Crippen molar-refractivity contribution in [3.63, 3.8) is 0 Å². The molecule has 0 atom stereocenters. The lowest BCUT2D eigenvalue weighted by Gasteiger charge is -2.33. The third-order valence-electron chi connectivity index (χ3n) is 5.43. The number of amides is 1. The van der Waals surface area contributed by atoms with Crippen LogP contribution in [0.3, 0.4) is 0 Å². The van der Waals surface area contributed by atoms with Crippen molar-refractivity contribution in [1.82, 2.24) is 14.8 Å². The number of halogens is 3. The Bertz CT molecular complexity index is 1170. The number of nitrogens with zero attached hydrogens (tertiary/aromatic N) is 3. The fraction of sp³-hybridized carbons (Fsp3) is 0.333. The number of ether oxygens (including phenoxy) is 1. The molecule has 0 spiro atoms. The molecule has 4 rings (SSSR count). The molecule has 31 heavy (non-hydrogen) atoms. The number of hydrogen-bond donors (Lipinski definition) is 1. The topological polar surface area (TPSA) is 86.1 Å². The second-order valence-corrected chi connectivity index (χ2v) is 7.51. The molecule has 0 aliphatic heterocycles. The third kappa shape index (κ3) is 4.10. The van der Waals surface area contributed by atoms with Gasteiger partial charge in [0.1, 0.15) is 22.9 Å². The molecule has 1 N–H and O–H groups in total. The summed E-state index contributed by atoms with van der Waals surface area (Å²) in [5.41, 5.74) is -0.585. The first kappa shape index (κ1) is 20.8. The van der Waals surface area contributed by atoms with Crippen molar-refractivity contribution < 1.29 is 27.5 Å². The number of Topliss-reactive ketones (excluding diaryl/α,β-unsaturated/α-hetero) is 1. The molecule has 1 aliphatic carbocycles. The normalized spacial score (nSPS) is 18.5. The van der Waals surface area contributed by atoms with E-state index < -0.39 is 17.8 Å². The van der Waals surface area contributed by atoms with Gasteiger partial charge in [0.15, 0.2) is 0 Å². The van der Waals surface area contributed by atoms with Gasteiger partial charge in [-0.05, 0) is 38.0 Å². The van der Waals surface area contributed by atoms with E-state index in [2.05, 4.69) is 15.4 Å². The van der Waals surface area contributed by atoms with E-state index in [1.165, 1.54) is 13.2 Å². The van der Waals surface area contributed by atoms with Crippen LogP contribution in [0.1, 0.15) is 42.0 Å². The molecule has 1 saturated carbocycles. The first-order valence-electron chi connectivity index (χ1n) is 9.58. The van der Waals surface area contributed by atoms with Gasteiger partial charge >= 0.3 is 6.18 Å². The number of aromatic nitrogens is 3. The number of carbonyl (C=O) groups is 2. The highest BCUT2D eigenvalue weighted by Crippen LogP contribution is 2.39. The fourth-order valence-corrected chi connectivity index (χ4v) is 3.57. The number of carbonyl (C=O) groups excluding carboxylic acids is 2. The van der Waals surface area contributed by atoms with Crippen LogP contribution in [0.15, 0.2) is 36.5 Å². The molecule has 1 aliphatic rings. The van der Waals surface area contributed by atoms with Gasteiger partial charge in [-0.1, -0.05) is 6.07 Å². The lowest BCUT2D eigenvalue weighted by Crippen LogP contribution is -2.31. The standard InChI is InChI=1S/C21H19F3N4O3/c1-11(29)12-6-14(7-12)28-10-13-8-17(18(31-2)9-16(13)27-28)26-20(30)15-4-3-5-19(25-15)21(22,23)24/h3-5,8-10,12,14H,6-7H2,1-2H3,(H,26,30). The van der Waals surface area contributed by atoms with Crippen LogP contribution in [0.5, 0.6) is 5.75 Å². The van der Waals surface area contributed by atoms with Crippen LogP contribution < -0.4 is 10.1 Å². The molecule has 0 bridgehead atoms. The van der Waals surface area contributed by atoms with Gasteiger partial charge in [0.2, 0.25) is 0 Å². The quantitative estimate of drug-likeness (QED) is 0.651. The predicted molar refractivity (Wildman–Crippen MR) is 106 cm³/mol. The highest BCUT2D eigenvalue weighted by Gasteiger charge is 2.34. The van der Waals surface area contributed by atoms with Gasteiger partial charge in [0.05, 0.1) is 24.4 Å². The average molecular weight is 432 g/mol. The second-order valence-electron chi connectivity index (χ2n) is 7.51.